The summed E-state index contributed by atoms with van der Waals surface area (Å²) in [6, 6.07) is 22.2. The number of anilines is 5. The fourth-order valence-corrected chi connectivity index (χ4v) is 4.64. The van der Waals surface area contributed by atoms with E-state index in [1.54, 1.807) is 34.2 Å². The summed E-state index contributed by atoms with van der Waals surface area (Å²) in [5.74, 6) is 0.878. The molecule has 1 aliphatic heterocycles. The predicted molar refractivity (Wildman–Crippen MR) is 141 cm³/mol. The first-order chi connectivity index (χ1) is 17.0. The maximum Gasteiger partial charge on any atom is 0.335 e. The van der Waals surface area contributed by atoms with Gasteiger partial charge in [-0.05, 0) is 54.9 Å². The molecular formula is C26H22Cl2N6O. The third kappa shape index (κ3) is 4.66. The minimum Gasteiger partial charge on any atom is -0.330 e. The predicted octanol–water partition coefficient (Wildman–Crippen LogP) is 6.31. The Morgan fingerprint density at radius 3 is 2.46 bits per heavy atom. The van der Waals surface area contributed by atoms with Crippen LogP contribution in [0.3, 0.4) is 0 Å². The van der Waals surface area contributed by atoms with Crippen LogP contribution in [0.1, 0.15) is 11.1 Å². The van der Waals surface area contributed by atoms with Crippen molar-refractivity contribution in [3.8, 4) is 0 Å². The molecule has 0 saturated carbocycles. The van der Waals surface area contributed by atoms with E-state index in [-0.39, 0.29) is 12.6 Å². The van der Waals surface area contributed by atoms with Gasteiger partial charge in [-0.15, -0.1) is 0 Å². The lowest BCUT2D eigenvalue weighted by molar-refractivity contribution is 0.252. The number of nitrogens with zero attached hydrogens (tertiary/aromatic N) is 4. The Balaban J connectivity index is 1.63. The Kier molecular flexibility index (Phi) is 6.55. The van der Waals surface area contributed by atoms with Crippen molar-refractivity contribution in [2.75, 3.05) is 21.7 Å². The van der Waals surface area contributed by atoms with Crippen LogP contribution in [0, 0.1) is 0 Å². The molecule has 0 radical (unpaired) electrons. The molecule has 0 spiro atoms. The third-order valence-electron chi connectivity index (χ3n) is 5.64. The van der Waals surface area contributed by atoms with Gasteiger partial charge in [0, 0.05) is 17.4 Å². The van der Waals surface area contributed by atoms with Gasteiger partial charge in [0.1, 0.15) is 0 Å². The van der Waals surface area contributed by atoms with Gasteiger partial charge in [-0.1, -0.05) is 59.6 Å². The number of carbonyl (C=O) groups is 1. The summed E-state index contributed by atoms with van der Waals surface area (Å²) in [4.78, 5) is 26.3. The van der Waals surface area contributed by atoms with Gasteiger partial charge in [-0.2, -0.15) is 4.98 Å². The molecule has 1 aliphatic rings. The molecule has 3 aromatic carbocycles. The fraction of sp³-hybridized carbons (Fsp3) is 0.115. The van der Waals surface area contributed by atoms with E-state index < -0.39 is 0 Å². The Hall–Kier alpha value is -3.65. The topological polar surface area (TPSA) is 87.4 Å². The van der Waals surface area contributed by atoms with E-state index in [1.807, 2.05) is 54.6 Å². The normalized spacial score (nSPS) is 13.1. The van der Waals surface area contributed by atoms with Gasteiger partial charge in [0.15, 0.2) is 5.82 Å². The second-order valence-corrected chi connectivity index (χ2v) is 8.83. The summed E-state index contributed by atoms with van der Waals surface area (Å²) >= 11 is 13.0. The van der Waals surface area contributed by atoms with Gasteiger partial charge < -0.3 is 11.1 Å². The summed E-state index contributed by atoms with van der Waals surface area (Å²) in [5, 5.41) is 3.97. The van der Waals surface area contributed by atoms with Gasteiger partial charge >= 0.3 is 6.03 Å². The standard InChI is InChI=1S/C26H22Cl2N6O/c27-21-10-5-11-22(28)23(21)33-16-18-15-30-25(31-19-7-2-1-3-8-19)32-24(18)34(26(33)35)20-9-4-6-17(14-20)12-13-29/h1-11,14-15H,12-13,16,29H2,(H,30,31,32). The number of para-hydroxylation sites is 2. The summed E-state index contributed by atoms with van der Waals surface area (Å²) < 4.78 is 0. The van der Waals surface area contributed by atoms with Crippen LogP contribution in [0.4, 0.5) is 33.6 Å². The van der Waals surface area contributed by atoms with Crippen LogP contribution < -0.4 is 20.9 Å². The molecule has 9 heteroatoms. The smallest absolute Gasteiger partial charge is 0.330 e. The van der Waals surface area contributed by atoms with E-state index in [0.29, 0.717) is 46.2 Å². The van der Waals surface area contributed by atoms with Gasteiger partial charge in [-0.25, -0.2) is 14.7 Å². The van der Waals surface area contributed by atoms with E-state index in [0.717, 1.165) is 16.8 Å². The zero-order valence-electron chi connectivity index (χ0n) is 18.7. The summed E-state index contributed by atoms with van der Waals surface area (Å²) in [6.07, 6.45) is 2.40. The molecule has 0 bridgehead atoms. The number of amides is 2. The molecule has 0 atom stereocenters. The number of urea groups is 1. The molecule has 0 fully saturated rings. The number of fused-ring (bicyclic) bond motifs is 1. The van der Waals surface area contributed by atoms with E-state index in [4.69, 9.17) is 33.9 Å². The Morgan fingerprint density at radius 2 is 1.71 bits per heavy atom. The number of hydrogen-bond acceptors (Lipinski definition) is 5. The first kappa shape index (κ1) is 23.1. The minimum atomic E-state index is -0.318. The molecular weight excluding hydrogens is 483 g/mol. The number of hydrogen-bond donors (Lipinski definition) is 2. The number of aromatic nitrogens is 2. The average molecular weight is 505 g/mol. The van der Waals surface area contributed by atoms with Crippen molar-refractivity contribution in [1.82, 2.24) is 9.97 Å². The third-order valence-corrected chi connectivity index (χ3v) is 6.25. The Bertz CT molecular complexity index is 1360. The highest BCUT2D eigenvalue weighted by molar-refractivity contribution is 6.40. The van der Waals surface area contributed by atoms with Crippen molar-refractivity contribution in [3.63, 3.8) is 0 Å². The number of benzene rings is 3. The van der Waals surface area contributed by atoms with Crippen molar-refractivity contribution in [3.05, 3.63) is 100 Å². The lowest BCUT2D eigenvalue weighted by Gasteiger charge is -2.37. The number of halogens is 2. The van der Waals surface area contributed by atoms with Crippen LogP contribution in [0.25, 0.3) is 0 Å². The molecule has 1 aromatic heterocycles. The zero-order chi connectivity index (χ0) is 24.4. The molecule has 176 valence electrons. The second-order valence-electron chi connectivity index (χ2n) is 8.02. The van der Waals surface area contributed by atoms with Gasteiger partial charge in [0.2, 0.25) is 5.95 Å². The number of nitrogens with two attached hydrogens (primary N) is 1. The first-order valence-corrected chi connectivity index (χ1v) is 11.8. The lowest BCUT2D eigenvalue weighted by atomic mass is 10.1. The lowest BCUT2D eigenvalue weighted by Crippen LogP contribution is -2.45. The van der Waals surface area contributed by atoms with Crippen molar-refractivity contribution in [1.29, 1.82) is 0 Å². The summed E-state index contributed by atoms with van der Waals surface area (Å²) in [5.41, 5.74) is 9.50. The molecule has 0 unspecified atom stereocenters. The molecule has 4 aromatic rings. The minimum absolute atomic E-state index is 0.224. The van der Waals surface area contributed by atoms with Crippen LogP contribution in [0.15, 0.2) is 79.0 Å². The Labute approximate surface area is 213 Å². The van der Waals surface area contributed by atoms with Crippen molar-refractivity contribution >= 4 is 58.1 Å². The van der Waals surface area contributed by atoms with Crippen molar-refractivity contribution in [2.24, 2.45) is 5.73 Å². The SMILES string of the molecule is NCCc1cccc(N2C(=O)N(c3c(Cl)cccc3Cl)Cc3cnc(Nc4ccccc4)nc32)c1. The molecule has 35 heavy (non-hydrogen) atoms. The van der Waals surface area contributed by atoms with Crippen LogP contribution in [0.2, 0.25) is 10.0 Å². The van der Waals surface area contributed by atoms with Crippen LogP contribution in [-0.2, 0) is 13.0 Å². The second kappa shape index (κ2) is 9.92. The Morgan fingerprint density at radius 1 is 0.971 bits per heavy atom. The van der Waals surface area contributed by atoms with E-state index in [2.05, 4.69) is 10.3 Å². The largest absolute Gasteiger partial charge is 0.335 e. The first-order valence-electron chi connectivity index (χ1n) is 11.1. The highest BCUT2D eigenvalue weighted by Crippen LogP contribution is 2.41. The molecule has 3 N–H and O–H groups in total. The summed E-state index contributed by atoms with van der Waals surface area (Å²) in [7, 11) is 0. The number of rotatable bonds is 6. The maximum atomic E-state index is 14.0. The monoisotopic (exact) mass is 504 g/mol. The number of carbonyl (C=O) groups excluding carboxylic acids is 1. The molecule has 7 nitrogen and oxygen atoms in total. The van der Waals surface area contributed by atoms with Gasteiger partial charge in [-0.3, -0.25) is 4.90 Å². The summed E-state index contributed by atoms with van der Waals surface area (Å²) in [6.45, 7) is 0.727. The quantitative estimate of drug-likeness (QED) is 0.321. The number of nitrogens with one attached hydrogen (secondary N) is 1. The molecule has 5 rings (SSSR count). The van der Waals surface area contributed by atoms with Crippen molar-refractivity contribution < 1.29 is 4.79 Å². The fourth-order valence-electron chi connectivity index (χ4n) is 4.04. The zero-order valence-corrected chi connectivity index (χ0v) is 20.2. The molecule has 2 amide bonds. The van der Waals surface area contributed by atoms with Gasteiger partial charge in [0.25, 0.3) is 0 Å². The average Bonchev–Trinajstić information content (AvgIpc) is 2.85. The van der Waals surface area contributed by atoms with Gasteiger partial charge in [0.05, 0.1) is 28.0 Å². The van der Waals surface area contributed by atoms with Crippen LogP contribution >= 0.6 is 23.2 Å². The van der Waals surface area contributed by atoms with E-state index >= 15 is 0 Å². The highest BCUT2D eigenvalue weighted by atomic mass is 35.5. The molecule has 2 heterocycles. The van der Waals surface area contributed by atoms with Crippen LogP contribution in [-0.4, -0.2) is 22.5 Å². The molecule has 0 saturated heterocycles. The van der Waals surface area contributed by atoms with Crippen molar-refractivity contribution in [2.45, 2.75) is 13.0 Å². The van der Waals surface area contributed by atoms with Crippen LogP contribution in [0.5, 0.6) is 0 Å². The maximum absolute atomic E-state index is 14.0. The molecule has 0 aliphatic carbocycles. The van der Waals surface area contributed by atoms with E-state index in [1.165, 1.54) is 0 Å². The van der Waals surface area contributed by atoms with E-state index in [9.17, 15) is 4.79 Å². The highest BCUT2D eigenvalue weighted by Gasteiger charge is 2.36.